The number of aliphatic hydroxyl groups excluding tert-OH is 1. The number of benzene rings is 1. The van der Waals surface area contributed by atoms with Gasteiger partial charge in [0.25, 0.3) is 0 Å². The second-order valence-corrected chi connectivity index (χ2v) is 9.43. The molecule has 3 aromatic heterocycles. The van der Waals surface area contributed by atoms with Gasteiger partial charge in [0.2, 0.25) is 5.91 Å². The van der Waals surface area contributed by atoms with Crippen molar-refractivity contribution in [3.63, 3.8) is 0 Å². The monoisotopic (exact) mass is 514 g/mol. The van der Waals surface area contributed by atoms with Crippen LogP contribution < -0.4 is 20.5 Å². The maximum Gasteiger partial charge on any atom is 0.222 e. The van der Waals surface area contributed by atoms with Crippen LogP contribution >= 0.6 is 22.9 Å². The van der Waals surface area contributed by atoms with E-state index in [-0.39, 0.29) is 19.1 Å². The van der Waals surface area contributed by atoms with Crippen molar-refractivity contribution in [3.8, 4) is 22.1 Å². The summed E-state index contributed by atoms with van der Waals surface area (Å²) in [6, 6.07) is 13.2. The molecular formula is C25H27ClN4O4S. The molecule has 4 aromatic rings. The number of nitrogens with one attached hydrogen (secondary N) is 1. The van der Waals surface area contributed by atoms with Gasteiger partial charge in [-0.25, -0.2) is 4.98 Å². The van der Waals surface area contributed by atoms with Crippen molar-refractivity contribution in [2.75, 3.05) is 26.3 Å². The quantitative estimate of drug-likeness (QED) is 0.248. The third kappa shape index (κ3) is 6.12. The predicted molar refractivity (Wildman–Crippen MR) is 137 cm³/mol. The van der Waals surface area contributed by atoms with Crippen molar-refractivity contribution >= 4 is 34.5 Å². The van der Waals surface area contributed by atoms with E-state index in [1.807, 2.05) is 60.0 Å². The maximum atomic E-state index is 11.7. The van der Waals surface area contributed by atoms with Gasteiger partial charge in [0.15, 0.2) is 0 Å². The predicted octanol–water partition coefficient (Wildman–Crippen LogP) is 3.84. The lowest BCUT2D eigenvalue weighted by Gasteiger charge is -2.16. The highest BCUT2D eigenvalue weighted by molar-refractivity contribution is 7.15. The number of halogens is 1. The second-order valence-electron chi connectivity index (χ2n) is 7.88. The fraction of sp³-hybridized carbons (Fsp3) is 0.280. The van der Waals surface area contributed by atoms with E-state index in [0.29, 0.717) is 36.2 Å². The Labute approximate surface area is 212 Å². The number of carbonyl (C=O) groups excluding carboxylic acids is 1. The molecule has 184 valence electrons. The average Bonchev–Trinajstić information content (AvgIpc) is 3.42. The molecule has 1 aromatic carbocycles. The molecule has 0 spiro atoms. The van der Waals surface area contributed by atoms with Crippen molar-refractivity contribution < 1.29 is 19.4 Å². The lowest BCUT2D eigenvalue weighted by molar-refractivity contribution is -0.117. The van der Waals surface area contributed by atoms with Gasteiger partial charge in [-0.3, -0.25) is 9.20 Å². The van der Waals surface area contributed by atoms with E-state index >= 15 is 0 Å². The highest BCUT2D eigenvalue weighted by atomic mass is 35.5. The Bertz CT molecular complexity index is 1310. The van der Waals surface area contributed by atoms with E-state index in [9.17, 15) is 4.79 Å². The average molecular weight is 515 g/mol. The summed E-state index contributed by atoms with van der Waals surface area (Å²) in [5, 5.41) is 12.5. The van der Waals surface area contributed by atoms with Gasteiger partial charge in [0.05, 0.1) is 40.9 Å². The minimum atomic E-state index is -0.433. The highest BCUT2D eigenvalue weighted by Crippen LogP contribution is 2.39. The number of nitrogens with zero attached hydrogens (tertiary/aromatic N) is 2. The zero-order chi connectivity index (χ0) is 24.8. The molecule has 3 heterocycles. The highest BCUT2D eigenvalue weighted by Gasteiger charge is 2.20. The minimum absolute atomic E-state index is 0.0706. The van der Waals surface area contributed by atoms with Gasteiger partial charge in [0, 0.05) is 29.7 Å². The molecule has 0 aliphatic heterocycles. The third-order valence-electron chi connectivity index (χ3n) is 5.32. The first-order chi connectivity index (χ1) is 17.0. The number of amides is 1. The number of primary amides is 1. The lowest BCUT2D eigenvalue weighted by atomic mass is 10.1. The van der Waals surface area contributed by atoms with Gasteiger partial charge < -0.3 is 25.6 Å². The first-order valence-corrected chi connectivity index (χ1v) is 12.4. The van der Waals surface area contributed by atoms with Gasteiger partial charge >= 0.3 is 0 Å². The molecule has 0 bridgehead atoms. The number of aliphatic hydroxyl groups is 1. The number of hydrogen-bond donors (Lipinski definition) is 3. The second kappa shape index (κ2) is 11.5. The summed E-state index contributed by atoms with van der Waals surface area (Å²) >= 11 is 7.79. The van der Waals surface area contributed by atoms with Gasteiger partial charge in [-0.1, -0.05) is 29.8 Å². The molecule has 1 unspecified atom stereocenters. The Hall–Kier alpha value is -3.11. The largest absolute Gasteiger partial charge is 0.491 e. The normalized spacial score (nSPS) is 12.1. The molecule has 0 radical (unpaired) electrons. The van der Waals surface area contributed by atoms with Crippen molar-refractivity contribution in [1.29, 1.82) is 0 Å². The van der Waals surface area contributed by atoms with Crippen LogP contribution in [0.2, 0.25) is 5.02 Å². The first kappa shape index (κ1) is 25.0. The molecule has 35 heavy (non-hydrogen) atoms. The molecule has 1 amide bonds. The van der Waals surface area contributed by atoms with Crippen LogP contribution in [0.1, 0.15) is 23.5 Å². The molecule has 8 nitrogen and oxygen atoms in total. The van der Waals surface area contributed by atoms with Crippen molar-refractivity contribution in [2.45, 2.75) is 19.4 Å². The number of rotatable bonds is 12. The van der Waals surface area contributed by atoms with Crippen LogP contribution in [0.3, 0.4) is 0 Å². The summed E-state index contributed by atoms with van der Waals surface area (Å²) in [5.41, 5.74) is 7.98. The number of pyridine rings is 1. The van der Waals surface area contributed by atoms with E-state index in [0.717, 1.165) is 26.7 Å². The molecule has 4 rings (SSSR count). The van der Waals surface area contributed by atoms with E-state index in [4.69, 9.17) is 31.9 Å². The van der Waals surface area contributed by atoms with Crippen molar-refractivity contribution in [1.82, 2.24) is 14.7 Å². The summed E-state index contributed by atoms with van der Waals surface area (Å²) in [4.78, 5) is 17.9. The number of hydrogen-bond acceptors (Lipinski definition) is 7. The molecule has 4 N–H and O–H groups in total. The van der Waals surface area contributed by atoms with Crippen molar-refractivity contribution in [3.05, 3.63) is 70.3 Å². The molecule has 0 aliphatic carbocycles. The number of aromatic nitrogens is 2. The van der Waals surface area contributed by atoms with E-state index in [1.165, 1.54) is 11.3 Å². The molecule has 1 atom stereocenters. The van der Waals surface area contributed by atoms with Crippen LogP contribution in [0, 0.1) is 0 Å². The van der Waals surface area contributed by atoms with Crippen LogP contribution in [0.4, 0.5) is 0 Å². The summed E-state index contributed by atoms with van der Waals surface area (Å²) in [5.74, 6) is 0.853. The lowest BCUT2D eigenvalue weighted by Crippen LogP contribution is -2.24. The van der Waals surface area contributed by atoms with Crippen LogP contribution in [0.25, 0.3) is 16.2 Å². The Balaban J connectivity index is 1.61. The summed E-state index contributed by atoms with van der Waals surface area (Å²) in [6.07, 6.45) is 3.41. The summed E-state index contributed by atoms with van der Waals surface area (Å²) < 4.78 is 14.0. The Morgan fingerprint density at radius 2 is 2.11 bits per heavy atom. The van der Waals surface area contributed by atoms with Gasteiger partial charge in [0.1, 0.15) is 29.9 Å². The van der Waals surface area contributed by atoms with E-state index < -0.39 is 5.91 Å². The van der Waals surface area contributed by atoms with Crippen LogP contribution in [0.5, 0.6) is 11.5 Å². The number of carbonyl (C=O) groups is 1. The van der Waals surface area contributed by atoms with Crippen LogP contribution in [-0.4, -0.2) is 46.7 Å². The summed E-state index contributed by atoms with van der Waals surface area (Å²) in [7, 11) is 0. The third-order valence-corrected chi connectivity index (χ3v) is 6.80. The van der Waals surface area contributed by atoms with Crippen LogP contribution in [-0.2, 0) is 11.2 Å². The zero-order valence-corrected chi connectivity index (χ0v) is 20.8. The van der Waals surface area contributed by atoms with Gasteiger partial charge in [-0.05, 0) is 25.1 Å². The minimum Gasteiger partial charge on any atom is -0.491 e. The number of fused-ring (bicyclic) bond motifs is 1. The molecule has 10 heteroatoms. The SMILES string of the molecule is CC(Oc1cc(-c2cnc3ccc(OCCNCCO)cn23)sc1CC(N)=O)c1ccccc1Cl. The molecule has 0 saturated heterocycles. The summed E-state index contributed by atoms with van der Waals surface area (Å²) in [6.45, 7) is 3.63. The number of imidazole rings is 1. The fourth-order valence-electron chi connectivity index (χ4n) is 3.65. The van der Waals surface area contributed by atoms with Gasteiger partial charge in [-0.15, -0.1) is 11.3 Å². The topological polar surface area (TPSA) is 111 Å². The molecule has 0 fully saturated rings. The van der Waals surface area contributed by atoms with Crippen molar-refractivity contribution in [2.24, 2.45) is 5.73 Å². The number of nitrogens with two attached hydrogens (primary N) is 1. The smallest absolute Gasteiger partial charge is 0.222 e. The Morgan fingerprint density at radius 3 is 2.89 bits per heavy atom. The standard InChI is InChI=1S/C25H27ClN4O4S/c1-16(18-4-2-3-5-19(18)26)34-21-12-22(35-23(21)13-24(27)32)20-14-29-25-7-6-17(15-30(20)25)33-11-9-28-8-10-31/h2-7,12,14-16,28,31H,8-11,13H2,1H3,(H2,27,32). The molecule has 0 aliphatic rings. The number of ether oxygens (including phenoxy) is 2. The van der Waals surface area contributed by atoms with Gasteiger partial charge in [-0.2, -0.15) is 0 Å². The molecule has 0 saturated carbocycles. The van der Waals surface area contributed by atoms with E-state index in [1.54, 1.807) is 6.20 Å². The zero-order valence-electron chi connectivity index (χ0n) is 19.2. The first-order valence-electron chi connectivity index (χ1n) is 11.2. The molecular weight excluding hydrogens is 488 g/mol. The number of thiophene rings is 1. The Kier molecular flexibility index (Phi) is 8.25. The Morgan fingerprint density at radius 1 is 1.29 bits per heavy atom. The fourth-order valence-corrected chi connectivity index (χ4v) is 5.05. The maximum absolute atomic E-state index is 11.7. The van der Waals surface area contributed by atoms with E-state index in [2.05, 4.69) is 10.3 Å². The van der Waals surface area contributed by atoms with Crippen LogP contribution in [0.15, 0.2) is 54.9 Å².